The minimum Gasteiger partial charge on any atom is -0.365 e. The Morgan fingerprint density at radius 3 is 2.51 bits per heavy atom. The van der Waals surface area contributed by atoms with Gasteiger partial charge in [-0.3, -0.25) is 33.5 Å². The number of fused-ring (bicyclic) bond motifs is 2. The fourth-order valence-electron chi connectivity index (χ4n) is 9.55. The number of piperidine rings is 2. The van der Waals surface area contributed by atoms with Crippen molar-refractivity contribution >= 4 is 45.9 Å². The number of ether oxygens (including phenoxy) is 1. The van der Waals surface area contributed by atoms with Gasteiger partial charge >= 0.3 is 5.69 Å². The third-order valence-electron chi connectivity index (χ3n) is 13.1. The molecule has 332 valence electrons. The summed E-state index contributed by atoms with van der Waals surface area (Å²) in [7, 11) is 3.73. The summed E-state index contributed by atoms with van der Waals surface area (Å²) in [5.74, 6) is 6.13. The number of nitrogens with one attached hydrogen (secondary N) is 2. The van der Waals surface area contributed by atoms with E-state index in [1.807, 2.05) is 18.2 Å². The molecule has 17 nitrogen and oxygen atoms in total. The molecule has 2 N–H and O–H groups in total. The molecule has 1 saturated carbocycles. The van der Waals surface area contributed by atoms with Crippen molar-refractivity contribution in [1.29, 1.82) is 0 Å². The van der Waals surface area contributed by atoms with Crippen molar-refractivity contribution in [2.45, 2.75) is 76.0 Å². The maximum absolute atomic E-state index is 14.3. The summed E-state index contributed by atoms with van der Waals surface area (Å²) in [6, 6.07) is 6.50. The maximum Gasteiger partial charge on any atom is 0.329 e. The molecule has 1 aliphatic carbocycles. The molecular formula is C44H52F2N12O5. The molecule has 3 aliphatic heterocycles. The van der Waals surface area contributed by atoms with Gasteiger partial charge in [0.05, 0.1) is 40.6 Å². The molecule has 0 radical (unpaired) electrons. The third-order valence-corrected chi connectivity index (χ3v) is 13.1. The third kappa shape index (κ3) is 8.84. The summed E-state index contributed by atoms with van der Waals surface area (Å²) < 4.78 is 40.8. The molecule has 19 heteroatoms. The Bertz CT molecular complexity index is 2630. The van der Waals surface area contributed by atoms with Gasteiger partial charge in [0.1, 0.15) is 24.0 Å². The van der Waals surface area contributed by atoms with Crippen LogP contribution in [-0.2, 0) is 21.4 Å². The second-order valence-electron chi connectivity index (χ2n) is 17.2. The van der Waals surface area contributed by atoms with Crippen LogP contribution in [0.15, 0.2) is 47.7 Å². The number of alkyl halides is 2. The van der Waals surface area contributed by atoms with Crippen molar-refractivity contribution in [3.63, 3.8) is 0 Å². The number of imide groups is 1. The van der Waals surface area contributed by atoms with Crippen LogP contribution in [0.3, 0.4) is 0 Å². The van der Waals surface area contributed by atoms with Gasteiger partial charge < -0.3 is 24.8 Å². The van der Waals surface area contributed by atoms with Crippen molar-refractivity contribution in [1.82, 2.24) is 48.6 Å². The number of carbonyl (C=O) groups excluding carboxylic acids is 3. The highest BCUT2D eigenvalue weighted by molar-refractivity contribution is 6.08. The van der Waals surface area contributed by atoms with E-state index in [0.717, 1.165) is 90.2 Å². The predicted octanol–water partition coefficient (Wildman–Crippen LogP) is 3.76. The lowest BCUT2D eigenvalue weighted by Crippen LogP contribution is -2.44. The molecule has 1 aromatic carbocycles. The average Bonchev–Trinajstić information content (AvgIpc) is 3.98. The second-order valence-corrected chi connectivity index (χ2v) is 17.2. The van der Waals surface area contributed by atoms with Crippen LogP contribution in [0.5, 0.6) is 0 Å². The van der Waals surface area contributed by atoms with Crippen molar-refractivity contribution in [3.05, 3.63) is 70.2 Å². The summed E-state index contributed by atoms with van der Waals surface area (Å²) in [5, 5.41) is 13.6. The van der Waals surface area contributed by atoms with Gasteiger partial charge in [-0.15, -0.1) is 0 Å². The summed E-state index contributed by atoms with van der Waals surface area (Å²) in [5.41, 5.74) is 1.65. The van der Waals surface area contributed by atoms with Gasteiger partial charge in [-0.05, 0) is 76.1 Å². The topological polar surface area (TPSA) is 169 Å². The van der Waals surface area contributed by atoms with Crippen molar-refractivity contribution in [3.8, 4) is 11.8 Å². The Morgan fingerprint density at radius 2 is 1.76 bits per heavy atom. The lowest BCUT2D eigenvalue weighted by molar-refractivity contribution is -0.135. The lowest BCUT2D eigenvalue weighted by Gasteiger charge is -2.36. The van der Waals surface area contributed by atoms with Gasteiger partial charge in [0, 0.05) is 71.7 Å². The first-order chi connectivity index (χ1) is 30.5. The van der Waals surface area contributed by atoms with Crippen molar-refractivity contribution in [2.75, 3.05) is 69.7 Å². The first-order valence-electron chi connectivity index (χ1n) is 21.8. The molecular weight excluding hydrogens is 815 g/mol. The molecule has 4 aliphatic rings. The SMILES string of the molecule is CN1CCN(c2ccn3ncc(C(=O)Nc4cn(C5CCC(CN6CCC(OCC#Cc7cccc8c7n(C)c(=O)n8C7CCC(=O)NC7=O)CC6)CC5)nc4C(F)F)c3n2)CC1. The van der Waals surface area contributed by atoms with E-state index in [-0.39, 0.29) is 54.4 Å². The summed E-state index contributed by atoms with van der Waals surface area (Å²) >= 11 is 0. The minimum atomic E-state index is -2.86. The monoisotopic (exact) mass is 866 g/mol. The van der Waals surface area contributed by atoms with Crippen LogP contribution in [0.1, 0.15) is 91.5 Å². The van der Waals surface area contributed by atoms with Crippen LogP contribution in [0.4, 0.5) is 20.3 Å². The summed E-state index contributed by atoms with van der Waals surface area (Å²) in [6.45, 7) is 6.45. The fraction of sp³-hybridized carbons (Fsp3) is 0.523. The number of amides is 3. The Hall–Kier alpha value is -5.97. The number of imidazole rings is 1. The van der Waals surface area contributed by atoms with E-state index in [2.05, 4.69) is 54.4 Å². The normalized spacial score (nSPS) is 21.9. The van der Waals surface area contributed by atoms with E-state index in [9.17, 15) is 28.0 Å². The van der Waals surface area contributed by atoms with Gasteiger partial charge in [-0.1, -0.05) is 17.9 Å². The largest absolute Gasteiger partial charge is 0.365 e. The smallest absolute Gasteiger partial charge is 0.329 e. The molecule has 0 bridgehead atoms. The van der Waals surface area contributed by atoms with E-state index in [1.165, 1.54) is 26.0 Å². The number of benzene rings is 1. The maximum atomic E-state index is 14.3. The lowest BCUT2D eigenvalue weighted by atomic mass is 9.85. The van der Waals surface area contributed by atoms with Crippen LogP contribution in [0.25, 0.3) is 16.7 Å². The van der Waals surface area contributed by atoms with E-state index >= 15 is 0 Å². The highest BCUT2D eigenvalue weighted by Crippen LogP contribution is 2.36. The Labute approximate surface area is 362 Å². The number of halogens is 2. The number of para-hydroxylation sites is 1. The molecule has 63 heavy (non-hydrogen) atoms. The van der Waals surface area contributed by atoms with Crippen LogP contribution < -0.4 is 21.2 Å². The van der Waals surface area contributed by atoms with Crippen molar-refractivity contribution < 1.29 is 27.9 Å². The molecule has 3 amide bonds. The minimum absolute atomic E-state index is 0.00574. The molecule has 0 spiro atoms. The molecule has 3 saturated heterocycles. The van der Waals surface area contributed by atoms with Gasteiger partial charge in [-0.2, -0.15) is 10.2 Å². The highest BCUT2D eigenvalue weighted by atomic mass is 19.3. The number of anilines is 2. The van der Waals surface area contributed by atoms with Crippen molar-refractivity contribution in [2.24, 2.45) is 13.0 Å². The number of carbonyl (C=O) groups is 3. The standard InChI is InChI=1S/C44H52F2N12O5/c1-52-20-22-55(23-21-52)36-16-19-56-41(49-36)32(25-47-56)42(60)48-33-27-57(51-38(33)40(45)46)30-10-8-28(9-11-30)26-54-17-14-31(15-18-54)63-24-4-6-29-5-3-7-34-39(29)53(2)44(62)58(34)35-12-13-37(59)50-43(35)61/h3,5,7,16,19,25,27-28,30-31,35,40H,8-15,17-18,20-24,26H2,1-2H3,(H,48,60)(H,50,59,61). The number of rotatable bonds is 10. The zero-order chi connectivity index (χ0) is 43.8. The average molecular weight is 867 g/mol. The molecule has 1 atom stereocenters. The number of likely N-dealkylation sites (N-methyl/N-ethyl adjacent to an activating group) is 1. The number of aryl methyl sites for hydroxylation is 1. The Kier molecular flexibility index (Phi) is 12.1. The van der Waals surface area contributed by atoms with Gasteiger partial charge in [0.2, 0.25) is 11.8 Å². The molecule has 4 fully saturated rings. The second kappa shape index (κ2) is 18.0. The first kappa shape index (κ1) is 42.3. The number of nitrogens with zero attached hydrogens (tertiary/aromatic N) is 10. The number of likely N-dealkylation sites (tertiary alicyclic amines) is 1. The molecule has 1 unspecified atom stereocenters. The number of hydrogen-bond acceptors (Lipinski definition) is 11. The molecule has 4 aromatic heterocycles. The zero-order valence-corrected chi connectivity index (χ0v) is 35.5. The van der Waals surface area contributed by atoms with Crippen LogP contribution in [0, 0.1) is 17.8 Å². The summed E-state index contributed by atoms with van der Waals surface area (Å²) in [6.07, 6.45) is 7.64. The highest BCUT2D eigenvalue weighted by Gasteiger charge is 2.33. The molecule has 5 aromatic rings. The van der Waals surface area contributed by atoms with E-state index in [4.69, 9.17) is 9.72 Å². The van der Waals surface area contributed by atoms with Gasteiger partial charge in [0.25, 0.3) is 12.3 Å². The van der Waals surface area contributed by atoms with Crippen LogP contribution >= 0.6 is 0 Å². The van der Waals surface area contributed by atoms with Crippen LogP contribution in [-0.4, -0.2) is 127 Å². The van der Waals surface area contributed by atoms with Crippen LogP contribution in [0.2, 0.25) is 0 Å². The van der Waals surface area contributed by atoms with Gasteiger partial charge in [-0.25, -0.2) is 23.1 Å². The van der Waals surface area contributed by atoms with Gasteiger partial charge in [0.15, 0.2) is 11.3 Å². The first-order valence-corrected chi connectivity index (χ1v) is 21.8. The number of aromatic nitrogens is 7. The quantitative estimate of drug-likeness (QED) is 0.155. The predicted molar refractivity (Wildman–Crippen MR) is 230 cm³/mol. The molecule has 7 heterocycles. The number of piperazine rings is 1. The Balaban J connectivity index is 0.748. The number of hydrogen-bond donors (Lipinski definition) is 2. The summed E-state index contributed by atoms with van der Waals surface area (Å²) in [4.78, 5) is 62.7. The van der Waals surface area contributed by atoms with E-state index in [1.54, 1.807) is 24.0 Å². The molecule has 9 rings (SSSR count). The van der Waals surface area contributed by atoms with E-state index < -0.39 is 30.0 Å². The van der Waals surface area contributed by atoms with E-state index in [0.29, 0.717) is 28.2 Å². The Morgan fingerprint density at radius 1 is 0.984 bits per heavy atom. The zero-order valence-electron chi connectivity index (χ0n) is 35.5. The fourth-order valence-corrected chi connectivity index (χ4v) is 9.55.